The molecule has 0 spiro atoms. The van der Waals surface area contributed by atoms with Gasteiger partial charge in [0, 0.05) is 43.0 Å². The van der Waals surface area contributed by atoms with Gasteiger partial charge in [-0.25, -0.2) is 4.79 Å². The highest BCUT2D eigenvalue weighted by Crippen LogP contribution is 2.31. The lowest BCUT2D eigenvalue weighted by Crippen LogP contribution is -2.52. The summed E-state index contributed by atoms with van der Waals surface area (Å²) in [6, 6.07) is 5.89. The molecule has 5 nitrogen and oxygen atoms in total. The molecule has 1 aromatic carbocycles. The van der Waals surface area contributed by atoms with Crippen molar-refractivity contribution in [3.05, 3.63) is 29.8 Å². The first-order valence-electron chi connectivity index (χ1n) is 11.5. The van der Waals surface area contributed by atoms with Crippen molar-refractivity contribution in [3.8, 4) is 0 Å². The van der Waals surface area contributed by atoms with Crippen LogP contribution in [0.4, 0.5) is 23.7 Å². The van der Waals surface area contributed by atoms with E-state index in [-0.39, 0.29) is 18.0 Å². The first-order valence-corrected chi connectivity index (χ1v) is 11.5. The highest BCUT2D eigenvalue weighted by molar-refractivity contribution is 5.80. The van der Waals surface area contributed by atoms with Crippen LogP contribution >= 0.6 is 0 Å². The van der Waals surface area contributed by atoms with Gasteiger partial charge in [-0.1, -0.05) is 12.8 Å². The number of carbonyl (C=O) groups is 1. The number of carbonyl (C=O) groups excluding carboxylic acids is 1. The average Bonchev–Trinajstić information content (AvgIpc) is 2.72. The molecule has 1 heterocycles. The third-order valence-electron chi connectivity index (χ3n) is 6.02. The quantitative estimate of drug-likeness (QED) is 0.583. The molecule has 178 valence electrons. The van der Waals surface area contributed by atoms with Gasteiger partial charge in [0.2, 0.25) is 0 Å². The minimum Gasteiger partial charge on any atom is -0.442 e. The Morgan fingerprint density at radius 1 is 1.09 bits per heavy atom. The zero-order valence-corrected chi connectivity index (χ0v) is 19.1. The number of ether oxygens (including phenoxy) is 1. The number of anilines is 1. The molecular weight excluding hydrogens is 419 g/mol. The third kappa shape index (κ3) is 7.22. The molecule has 1 unspecified atom stereocenters. The van der Waals surface area contributed by atoms with Gasteiger partial charge in [0.15, 0.2) is 0 Å². The lowest BCUT2D eigenvalue weighted by molar-refractivity contribution is -0.137. The van der Waals surface area contributed by atoms with Gasteiger partial charge in [-0.2, -0.15) is 18.2 Å². The Kier molecular flexibility index (Phi) is 7.85. The molecule has 1 saturated heterocycles. The monoisotopic (exact) mass is 453 g/mol. The summed E-state index contributed by atoms with van der Waals surface area (Å²) < 4.78 is 43.8. The van der Waals surface area contributed by atoms with Gasteiger partial charge in [0.1, 0.15) is 5.60 Å². The van der Waals surface area contributed by atoms with E-state index in [9.17, 15) is 18.0 Å². The number of hydrogen-bond acceptors (Lipinski definition) is 4. The third-order valence-corrected chi connectivity index (χ3v) is 6.02. The van der Waals surface area contributed by atoms with Crippen LogP contribution in [-0.4, -0.2) is 43.1 Å². The number of amides is 1. The summed E-state index contributed by atoms with van der Waals surface area (Å²) in [6.45, 7) is 7.03. The molecule has 2 aliphatic rings. The fourth-order valence-electron chi connectivity index (χ4n) is 4.50. The maximum absolute atomic E-state index is 12.9. The van der Waals surface area contributed by atoms with Crippen LogP contribution in [0.1, 0.15) is 64.9 Å². The molecular formula is C24H34F3N3O2. The molecule has 2 fully saturated rings. The Hall–Kier alpha value is -2.09. The van der Waals surface area contributed by atoms with Crippen LogP contribution in [0.3, 0.4) is 0 Å². The molecule has 1 N–H and O–H groups in total. The van der Waals surface area contributed by atoms with Gasteiger partial charge in [-0.3, -0.25) is 0 Å². The smallest absolute Gasteiger partial charge is 0.433 e. The summed E-state index contributed by atoms with van der Waals surface area (Å²) in [5.41, 5.74) is -0.374. The second-order valence-electron chi connectivity index (χ2n) is 9.81. The number of aliphatic imine (C=N–C) groups is 1. The summed E-state index contributed by atoms with van der Waals surface area (Å²) >= 11 is 0. The van der Waals surface area contributed by atoms with E-state index in [0.717, 1.165) is 69.4 Å². The molecule has 1 amide bonds. The van der Waals surface area contributed by atoms with Crippen molar-refractivity contribution >= 4 is 18.0 Å². The Bertz CT molecular complexity index is 787. The van der Waals surface area contributed by atoms with Crippen LogP contribution < -0.4 is 10.2 Å². The molecule has 32 heavy (non-hydrogen) atoms. The summed E-state index contributed by atoms with van der Waals surface area (Å²) in [7, 11) is 0. The summed E-state index contributed by atoms with van der Waals surface area (Å²) in [5, 5.41) is 3.75. The summed E-state index contributed by atoms with van der Waals surface area (Å²) in [5.74, 6) is 0.165. The minimum absolute atomic E-state index is 0.165. The second kappa shape index (κ2) is 10.2. The number of piperidine rings is 1. The molecule has 1 aliphatic heterocycles. The van der Waals surface area contributed by atoms with Crippen molar-refractivity contribution in [1.29, 1.82) is 0 Å². The van der Waals surface area contributed by atoms with Gasteiger partial charge in [-0.15, -0.1) is 0 Å². The first-order chi connectivity index (χ1) is 15.0. The molecule has 0 radical (unpaired) electrons. The van der Waals surface area contributed by atoms with Crippen molar-refractivity contribution in [2.45, 2.75) is 83.2 Å². The fourth-order valence-corrected chi connectivity index (χ4v) is 4.50. The fraction of sp³-hybridized carbons (Fsp3) is 0.667. The van der Waals surface area contributed by atoms with Crippen LogP contribution in [0.15, 0.2) is 29.3 Å². The predicted molar refractivity (Wildman–Crippen MR) is 120 cm³/mol. The van der Waals surface area contributed by atoms with Crippen LogP contribution in [-0.2, 0) is 10.9 Å². The maximum Gasteiger partial charge on any atom is 0.433 e. The Morgan fingerprint density at radius 3 is 2.44 bits per heavy atom. The summed E-state index contributed by atoms with van der Waals surface area (Å²) in [4.78, 5) is 18.2. The van der Waals surface area contributed by atoms with Crippen molar-refractivity contribution in [1.82, 2.24) is 5.32 Å². The Labute approximate surface area is 188 Å². The molecule has 1 saturated carbocycles. The number of benzene rings is 1. The number of alkyl halides is 3. The number of nitrogens with zero attached hydrogens (tertiary/aromatic N) is 2. The van der Waals surface area contributed by atoms with Crippen LogP contribution in [0, 0.1) is 5.92 Å². The Morgan fingerprint density at radius 2 is 1.78 bits per heavy atom. The number of halogens is 3. The van der Waals surface area contributed by atoms with Crippen LogP contribution in [0.25, 0.3) is 0 Å². The van der Waals surface area contributed by atoms with Gasteiger partial charge in [-0.05, 0) is 70.7 Å². The molecule has 8 heteroatoms. The number of rotatable bonds is 4. The molecule has 0 aromatic heterocycles. The topological polar surface area (TPSA) is 53.9 Å². The standard InChI is InChI=1S/C24H34F3N3O2/c1-23(2,3)32-22(31)28-15-17-7-4-5-9-21(17)29-19-8-6-14-30(16-19)20-12-10-18(11-13-20)24(25,26)27/h10-13,15,17,19,21,29H,4-9,14,16H2,1-3H3/b28-15-/t17?,19-,21+/m0/s1. The minimum atomic E-state index is -4.32. The highest BCUT2D eigenvalue weighted by atomic mass is 19.4. The largest absolute Gasteiger partial charge is 0.442 e. The van der Waals surface area contributed by atoms with E-state index in [1.165, 1.54) is 0 Å². The van der Waals surface area contributed by atoms with E-state index in [2.05, 4.69) is 15.2 Å². The molecule has 1 aromatic rings. The highest BCUT2D eigenvalue weighted by Gasteiger charge is 2.31. The molecule has 0 bridgehead atoms. The van der Waals surface area contributed by atoms with E-state index in [0.29, 0.717) is 0 Å². The molecule has 1 aliphatic carbocycles. The van der Waals surface area contributed by atoms with Crippen molar-refractivity contribution in [2.75, 3.05) is 18.0 Å². The molecule has 3 rings (SSSR count). The van der Waals surface area contributed by atoms with Crippen LogP contribution in [0.5, 0.6) is 0 Å². The Balaban J connectivity index is 1.59. The lowest BCUT2D eigenvalue weighted by Gasteiger charge is -2.39. The van der Waals surface area contributed by atoms with Crippen molar-refractivity contribution < 1.29 is 22.7 Å². The van der Waals surface area contributed by atoms with E-state index in [1.54, 1.807) is 18.3 Å². The summed E-state index contributed by atoms with van der Waals surface area (Å²) in [6.07, 6.45) is 3.07. The SMILES string of the molecule is CC(C)(C)OC(=O)/N=C\C1CCCC[C@H]1N[C@H]1CCCN(c2ccc(C(F)(F)F)cc2)C1. The van der Waals surface area contributed by atoms with E-state index >= 15 is 0 Å². The van der Waals surface area contributed by atoms with Gasteiger partial charge in [0.25, 0.3) is 0 Å². The van der Waals surface area contributed by atoms with Gasteiger partial charge >= 0.3 is 12.3 Å². The van der Waals surface area contributed by atoms with E-state index in [4.69, 9.17) is 4.74 Å². The van der Waals surface area contributed by atoms with Crippen molar-refractivity contribution in [3.63, 3.8) is 0 Å². The number of nitrogens with one attached hydrogen (secondary N) is 1. The van der Waals surface area contributed by atoms with Crippen molar-refractivity contribution in [2.24, 2.45) is 10.9 Å². The normalized spacial score (nSPS) is 25.2. The van der Waals surface area contributed by atoms with Gasteiger partial charge in [0.05, 0.1) is 5.56 Å². The number of hydrogen-bond donors (Lipinski definition) is 1. The van der Waals surface area contributed by atoms with E-state index < -0.39 is 23.4 Å². The van der Waals surface area contributed by atoms with Gasteiger partial charge < -0.3 is 15.0 Å². The predicted octanol–water partition coefficient (Wildman–Crippen LogP) is 5.83. The first kappa shape index (κ1) is 24.6. The van der Waals surface area contributed by atoms with Crippen LogP contribution in [0.2, 0.25) is 0 Å². The maximum atomic E-state index is 12.9. The zero-order valence-electron chi connectivity index (χ0n) is 19.1. The lowest BCUT2D eigenvalue weighted by atomic mass is 9.84. The average molecular weight is 454 g/mol. The van der Waals surface area contributed by atoms with E-state index in [1.807, 2.05) is 20.8 Å². The zero-order chi connectivity index (χ0) is 23.4. The molecule has 3 atom stereocenters. The second-order valence-corrected chi connectivity index (χ2v) is 9.81.